The van der Waals surface area contributed by atoms with Gasteiger partial charge in [-0.3, -0.25) is 20.2 Å². The van der Waals surface area contributed by atoms with Gasteiger partial charge in [-0.25, -0.2) is 0 Å². The van der Waals surface area contributed by atoms with E-state index in [9.17, 15) is 14.9 Å². The second-order valence-electron chi connectivity index (χ2n) is 4.09. The van der Waals surface area contributed by atoms with E-state index in [4.69, 9.17) is 9.52 Å². The predicted molar refractivity (Wildman–Crippen MR) is 56.4 cm³/mol. The van der Waals surface area contributed by atoms with E-state index in [0.29, 0.717) is 18.6 Å². The fraction of sp³-hybridized carbons (Fsp3) is 0.500. The van der Waals surface area contributed by atoms with Crippen molar-refractivity contribution in [1.29, 1.82) is 0 Å². The lowest BCUT2D eigenvalue weighted by Crippen LogP contribution is -2.56. The SMILES string of the molecule is O=C(O)C1(NCc2ccc([N+](=O)[O-])o2)CCC1. The Morgan fingerprint density at radius 1 is 1.59 bits per heavy atom. The largest absolute Gasteiger partial charge is 0.480 e. The summed E-state index contributed by atoms with van der Waals surface area (Å²) in [5.41, 5.74) is -0.887. The molecule has 0 bridgehead atoms. The monoisotopic (exact) mass is 240 g/mol. The molecule has 0 aliphatic heterocycles. The predicted octanol–water partition coefficient (Wildman–Crippen LogP) is 1.28. The van der Waals surface area contributed by atoms with Crippen molar-refractivity contribution < 1.29 is 19.2 Å². The van der Waals surface area contributed by atoms with Gasteiger partial charge in [0.25, 0.3) is 0 Å². The zero-order valence-electron chi connectivity index (χ0n) is 9.01. The topological polar surface area (TPSA) is 106 Å². The Labute approximate surface area is 96.6 Å². The Morgan fingerprint density at radius 3 is 2.71 bits per heavy atom. The van der Waals surface area contributed by atoms with Gasteiger partial charge in [0.2, 0.25) is 0 Å². The number of nitro groups is 1. The minimum absolute atomic E-state index is 0.181. The molecule has 92 valence electrons. The molecule has 0 atom stereocenters. The molecule has 1 aliphatic carbocycles. The maximum Gasteiger partial charge on any atom is 0.433 e. The minimum atomic E-state index is -0.887. The highest BCUT2D eigenvalue weighted by molar-refractivity contribution is 5.79. The quantitative estimate of drug-likeness (QED) is 0.593. The lowest BCUT2D eigenvalue weighted by molar-refractivity contribution is -0.402. The van der Waals surface area contributed by atoms with Crippen molar-refractivity contribution in [3.05, 3.63) is 28.0 Å². The molecule has 0 aromatic carbocycles. The molecule has 2 N–H and O–H groups in total. The Bertz CT molecular complexity index is 449. The van der Waals surface area contributed by atoms with Crippen molar-refractivity contribution in [2.24, 2.45) is 0 Å². The molecule has 2 rings (SSSR count). The van der Waals surface area contributed by atoms with E-state index >= 15 is 0 Å². The molecule has 17 heavy (non-hydrogen) atoms. The number of aliphatic carboxylic acids is 1. The first kappa shape index (κ1) is 11.6. The Morgan fingerprint density at radius 2 is 2.29 bits per heavy atom. The van der Waals surface area contributed by atoms with Gasteiger partial charge in [0, 0.05) is 0 Å². The standard InChI is InChI=1S/C10H12N2O5/c13-9(14)10(4-1-5-10)11-6-7-2-3-8(17-7)12(15)16/h2-3,11H,1,4-6H2,(H,13,14). The van der Waals surface area contributed by atoms with Crippen LogP contribution < -0.4 is 5.32 Å². The molecule has 1 fully saturated rings. The fourth-order valence-corrected chi connectivity index (χ4v) is 1.81. The molecule has 0 radical (unpaired) electrons. The Hall–Kier alpha value is -1.89. The molecular weight excluding hydrogens is 228 g/mol. The number of nitrogens with one attached hydrogen (secondary N) is 1. The van der Waals surface area contributed by atoms with Crippen LogP contribution in [0.3, 0.4) is 0 Å². The first-order chi connectivity index (χ1) is 8.03. The summed E-state index contributed by atoms with van der Waals surface area (Å²) in [7, 11) is 0. The van der Waals surface area contributed by atoms with Crippen LogP contribution in [0.1, 0.15) is 25.0 Å². The summed E-state index contributed by atoms with van der Waals surface area (Å²) in [6.07, 6.45) is 2.02. The van der Waals surface area contributed by atoms with Crippen LogP contribution in [0.15, 0.2) is 16.5 Å². The number of nitrogens with zero attached hydrogens (tertiary/aromatic N) is 1. The number of carbonyl (C=O) groups is 1. The lowest BCUT2D eigenvalue weighted by Gasteiger charge is -2.38. The Kier molecular flexibility index (Phi) is 2.84. The number of rotatable bonds is 5. The van der Waals surface area contributed by atoms with Crippen molar-refractivity contribution in [2.75, 3.05) is 0 Å². The molecule has 7 nitrogen and oxygen atoms in total. The van der Waals surface area contributed by atoms with Crippen LogP contribution in [0.5, 0.6) is 0 Å². The third-order valence-corrected chi connectivity index (χ3v) is 3.04. The van der Waals surface area contributed by atoms with Crippen molar-refractivity contribution in [1.82, 2.24) is 5.32 Å². The number of furan rings is 1. The highest BCUT2D eigenvalue weighted by Gasteiger charge is 2.44. The van der Waals surface area contributed by atoms with Gasteiger partial charge in [0.05, 0.1) is 12.6 Å². The summed E-state index contributed by atoms with van der Waals surface area (Å²) < 4.78 is 4.93. The molecule has 1 saturated carbocycles. The smallest absolute Gasteiger partial charge is 0.433 e. The molecule has 1 aromatic rings. The van der Waals surface area contributed by atoms with E-state index in [1.54, 1.807) is 0 Å². The highest BCUT2D eigenvalue weighted by Crippen LogP contribution is 2.32. The zero-order valence-corrected chi connectivity index (χ0v) is 9.01. The Balaban J connectivity index is 1.97. The van der Waals surface area contributed by atoms with Gasteiger partial charge in [-0.1, -0.05) is 0 Å². The second-order valence-corrected chi connectivity index (χ2v) is 4.09. The summed E-state index contributed by atoms with van der Waals surface area (Å²) in [6.45, 7) is 0.181. The van der Waals surface area contributed by atoms with E-state index in [0.717, 1.165) is 6.42 Å². The van der Waals surface area contributed by atoms with Gasteiger partial charge in [-0.05, 0) is 25.3 Å². The number of hydrogen-bond acceptors (Lipinski definition) is 5. The molecule has 0 unspecified atom stereocenters. The number of hydrogen-bond donors (Lipinski definition) is 2. The van der Waals surface area contributed by atoms with Crippen LogP contribution >= 0.6 is 0 Å². The summed E-state index contributed by atoms with van der Waals surface area (Å²) >= 11 is 0. The highest BCUT2D eigenvalue weighted by atomic mass is 16.6. The van der Waals surface area contributed by atoms with E-state index in [2.05, 4.69) is 5.32 Å². The molecule has 1 heterocycles. The second kappa shape index (κ2) is 4.17. The van der Waals surface area contributed by atoms with E-state index < -0.39 is 16.4 Å². The van der Waals surface area contributed by atoms with Gasteiger partial charge in [0.1, 0.15) is 16.2 Å². The summed E-state index contributed by atoms with van der Waals surface area (Å²) in [6, 6.07) is 2.73. The summed E-state index contributed by atoms with van der Waals surface area (Å²) in [5, 5.41) is 22.3. The van der Waals surface area contributed by atoms with E-state index in [-0.39, 0.29) is 12.4 Å². The lowest BCUT2D eigenvalue weighted by atomic mass is 9.77. The number of carboxylic acids is 1. The van der Waals surface area contributed by atoms with Gasteiger partial charge >= 0.3 is 11.9 Å². The van der Waals surface area contributed by atoms with Crippen molar-refractivity contribution in [3.63, 3.8) is 0 Å². The fourth-order valence-electron chi connectivity index (χ4n) is 1.81. The molecule has 1 aromatic heterocycles. The van der Waals surface area contributed by atoms with Gasteiger partial charge in [-0.15, -0.1) is 0 Å². The molecule has 0 saturated heterocycles. The molecule has 0 spiro atoms. The third kappa shape index (κ3) is 2.14. The van der Waals surface area contributed by atoms with Gasteiger partial charge in [0.15, 0.2) is 0 Å². The molecular formula is C10H12N2O5. The average molecular weight is 240 g/mol. The van der Waals surface area contributed by atoms with Crippen molar-refractivity contribution >= 4 is 11.9 Å². The summed E-state index contributed by atoms with van der Waals surface area (Å²) in [5.74, 6) is -0.853. The molecule has 0 amide bonds. The van der Waals surface area contributed by atoms with E-state index in [1.807, 2.05) is 0 Å². The normalized spacial score (nSPS) is 17.4. The zero-order chi connectivity index (χ0) is 12.5. The van der Waals surface area contributed by atoms with Crippen LogP contribution in [0, 0.1) is 10.1 Å². The summed E-state index contributed by atoms with van der Waals surface area (Å²) in [4.78, 5) is 20.8. The molecule has 1 aliphatic rings. The van der Waals surface area contributed by atoms with E-state index in [1.165, 1.54) is 12.1 Å². The van der Waals surface area contributed by atoms with Crippen LogP contribution in [-0.2, 0) is 11.3 Å². The molecule has 7 heteroatoms. The van der Waals surface area contributed by atoms with Crippen molar-refractivity contribution in [2.45, 2.75) is 31.3 Å². The minimum Gasteiger partial charge on any atom is -0.480 e. The third-order valence-electron chi connectivity index (χ3n) is 3.04. The van der Waals surface area contributed by atoms with Crippen LogP contribution in [-0.4, -0.2) is 21.5 Å². The van der Waals surface area contributed by atoms with Crippen LogP contribution in [0.2, 0.25) is 0 Å². The van der Waals surface area contributed by atoms with Gasteiger partial charge < -0.3 is 9.52 Å². The van der Waals surface area contributed by atoms with Gasteiger partial charge in [-0.2, -0.15) is 0 Å². The van der Waals surface area contributed by atoms with Crippen LogP contribution in [0.25, 0.3) is 0 Å². The first-order valence-corrected chi connectivity index (χ1v) is 5.25. The van der Waals surface area contributed by atoms with Crippen LogP contribution in [0.4, 0.5) is 5.88 Å². The first-order valence-electron chi connectivity index (χ1n) is 5.25. The average Bonchev–Trinajstić information content (AvgIpc) is 2.64. The maximum atomic E-state index is 11.0. The number of carboxylic acid groups (broad SMARTS) is 1. The maximum absolute atomic E-state index is 11.0. The van der Waals surface area contributed by atoms with Crippen molar-refractivity contribution in [3.8, 4) is 0 Å².